The zero-order chi connectivity index (χ0) is 15.1. The predicted molar refractivity (Wildman–Crippen MR) is 82.7 cm³/mol. The Labute approximate surface area is 125 Å². The molecule has 0 aromatic carbocycles. The molecule has 0 saturated heterocycles. The first-order valence-electron chi connectivity index (χ1n) is 7.08. The molecule has 0 amide bonds. The van der Waals surface area contributed by atoms with E-state index in [1.807, 2.05) is 19.1 Å². The highest BCUT2D eigenvalue weighted by Crippen LogP contribution is 2.17. The zero-order valence-electron chi connectivity index (χ0n) is 12.5. The summed E-state index contributed by atoms with van der Waals surface area (Å²) in [4.78, 5) is 14.9. The van der Waals surface area contributed by atoms with Crippen molar-refractivity contribution in [3.8, 4) is 0 Å². The molecular weight excluding hydrogens is 266 g/mol. The number of pyridine rings is 1. The fourth-order valence-corrected chi connectivity index (χ4v) is 1.99. The number of hydrogen-bond acceptors (Lipinski definition) is 6. The summed E-state index contributed by atoms with van der Waals surface area (Å²) in [6.07, 6.45) is 3.58. The van der Waals surface area contributed by atoms with Gasteiger partial charge in [-0.3, -0.25) is 4.98 Å². The molecule has 112 valence electrons. The van der Waals surface area contributed by atoms with Crippen molar-refractivity contribution in [1.29, 1.82) is 0 Å². The molecule has 2 aromatic heterocycles. The second kappa shape index (κ2) is 7.54. The molecule has 0 bridgehead atoms. The summed E-state index contributed by atoms with van der Waals surface area (Å²) in [5.41, 5.74) is 7.05. The van der Waals surface area contributed by atoms with Crippen molar-refractivity contribution >= 4 is 11.6 Å². The van der Waals surface area contributed by atoms with E-state index in [-0.39, 0.29) is 0 Å². The van der Waals surface area contributed by atoms with Gasteiger partial charge in [-0.15, -0.1) is 0 Å². The van der Waals surface area contributed by atoms with E-state index < -0.39 is 0 Å². The van der Waals surface area contributed by atoms with Gasteiger partial charge in [0, 0.05) is 38.2 Å². The predicted octanol–water partition coefficient (Wildman–Crippen LogP) is 2.02. The molecule has 0 saturated carbocycles. The van der Waals surface area contributed by atoms with Gasteiger partial charge in [-0.25, -0.2) is 9.97 Å². The maximum absolute atomic E-state index is 5.87. The Balaban J connectivity index is 2.19. The van der Waals surface area contributed by atoms with Gasteiger partial charge in [-0.2, -0.15) is 0 Å². The van der Waals surface area contributed by atoms with Crippen molar-refractivity contribution in [3.05, 3.63) is 42.0 Å². The van der Waals surface area contributed by atoms with Crippen LogP contribution >= 0.6 is 0 Å². The zero-order valence-corrected chi connectivity index (χ0v) is 12.5. The van der Waals surface area contributed by atoms with Crippen molar-refractivity contribution in [1.82, 2.24) is 15.0 Å². The first-order chi connectivity index (χ1) is 10.2. The molecule has 0 aliphatic heterocycles. The second-order valence-electron chi connectivity index (χ2n) is 4.57. The molecule has 0 aliphatic rings. The Kier molecular flexibility index (Phi) is 5.45. The fourth-order valence-electron chi connectivity index (χ4n) is 1.99. The van der Waals surface area contributed by atoms with Crippen LogP contribution in [0.25, 0.3) is 0 Å². The minimum absolute atomic E-state index is 0.376. The highest BCUT2D eigenvalue weighted by Gasteiger charge is 2.10. The van der Waals surface area contributed by atoms with Crippen LogP contribution in [0.2, 0.25) is 0 Å². The summed E-state index contributed by atoms with van der Waals surface area (Å²) in [5.74, 6) is 1.89. The van der Waals surface area contributed by atoms with Gasteiger partial charge >= 0.3 is 0 Å². The van der Waals surface area contributed by atoms with Gasteiger partial charge in [0.2, 0.25) is 0 Å². The highest BCUT2D eigenvalue weighted by atomic mass is 16.5. The molecule has 2 rings (SSSR count). The summed E-state index contributed by atoms with van der Waals surface area (Å²) in [6, 6.07) is 5.78. The van der Waals surface area contributed by atoms with Crippen LogP contribution in [0, 0.1) is 0 Å². The van der Waals surface area contributed by atoms with Crippen LogP contribution in [0.3, 0.4) is 0 Å². The molecule has 2 aromatic rings. The van der Waals surface area contributed by atoms with Crippen molar-refractivity contribution in [2.75, 3.05) is 23.8 Å². The Hall–Kier alpha value is -2.21. The van der Waals surface area contributed by atoms with Crippen LogP contribution in [0.4, 0.5) is 11.6 Å². The topological polar surface area (TPSA) is 77.2 Å². The van der Waals surface area contributed by atoms with E-state index in [1.54, 1.807) is 18.5 Å². The highest BCUT2D eigenvalue weighted by molar-refractivity contribution is 5.47. The largest absolute Gasteiger partial charge is 0.384 e. The summed E-state index contributed by atoms with van der Waals surface area (Å²) >= 11 is 0. The van der Waals surface area contributed by atoms with Crippen LogP contribution in [-0.2, 0) is 17.9 Å². The van der Waals surface area contributed by atoms with E-state index in [2.05, 4.69) is 26.8 Å². The quantitative estimate of drug-likeness (QED) is 0.839. The van der Waals surface area contributed by atoms with Crippen LogP contribution in [0.5, 0.6) is 0 Å². The normalized spacial score (nSPS) is 10.6. The van der Waals surface area contributed by atoms with Crippen molar-refractivity contribution in [3.63, 3.8) is 0 Å². The van der Waals surface area contributed by atoms with Gasteiger partial charge in [0.1, 0.15) is 18.2 Å². The lowest BCUT2D eigenvalue weighted by Gasteiger charge is -2.22. The molecule has 0 atom stereocenters. The lowest BCUT2D eigenvalue weighted by atomic mass is 10.2. The van der Waals surface area contributed by atoms with E-state index in [4.69, 9.17) is 10.5 Å². The number of hydrogen-bond donors (Lipinski definition) is 1. The van der Waals surface area contributed by atoms with Gasteiger partial charge in [0.15, 0.2) is 5.82 Å². The monoisotopic (exact) mass is 287 g/mol. The number of anilines is 2. The Morgan fingerprint density at radius 2 is 1.95 bits per heavy atom. The number of aromatic nitrogens is 3. The molecular formula is C15H21N5O. The van der Waals surface area contributed by atoms with Crippen molar-refractivity contribution in [2.24, 2.45) is 0 Å². The molecule has 2 heterocycles. The summed E-state index contributed by atoms with van der Waals surface area (Å²) in [6.45, 7) is 6.61. The van der Waals surface area contributed by atoms with Crippen LogP contribution < -0.4 is 10.6 Å². The maximum atomic E-state index is 5.87. The number of nitrogens with two attached hydrogens (primary N) is 1. The second-order valence-corrected chi connectivity index (χ2v) is 4.57. The van der Waals surface area contributed by atoms with E-state index in [9.17, 15) is 0 Å². The van der Waals surface area contributed by atoms with E-state index >= 15 is 0 Å². The lowest BCUT2D eigenvalue weighted by Crippen LogP contribution is -2.24. The Morgan fingerprint density at radius 1 is 1.19 bits per heavy atom. The van der Waals surface area contributed by atoms with Gasteiger partial charge in [-0.05, 0) is 31.5 Å². The number of ether oxygens (including phenoxy) is 1. The Bertz CT molecular complexity index is 561. The van der Waals surface area contributed by atoms with Gasteiger partial charge < -0.3 is 15.4 Å². The van der Waals surface area contributed by atoms with Gasteiger partial charge in [-0.1, -0.05) is 0 Å². The van der Waals surface area contributed by atoms with Crippen LogP contribution in [0.1, 0.15) is 25.2 Å². The molecule has 21 heavy (non-hydrogen) atoms. The lowest BCUT2D eigenvalue weighted by molar-refractivity contribution is 0.128. The number of nitrogen functional groups attached to an aromatic ring is 1. The van der Waals surface area contributed by atoms with Crippen LogP contribution in [0.15, 0.2) is 30.6 Å². The first kappa shape index (κ1) is 15.2. The standard InChI is InChI=1S/C15H21N5O/c1-3-20(10-12-5-7-17-8-6-12)15-9-13(16)18-14(19-15)11-21-4-2/h5-9H,3-4,10-11H2,1-2H3,(H2,16,18,19). The van der Waals surface area contributed by atoms with Crippen molar-refractivity contribution in [2.45, 2.75) is 27.0 Å². The average Bonchev–Trinajstić information content (AvgIpc) is 2.51. The smallest absolute Gasteiger partial charge is 0.158 e. The maximum Gasteiger partial charge on any atom is 0.158 e. The summed E-state index contributed by atoms with van der Waals surface area (Å²) < 4.78 is 5.35. The number of nitrogens with zero attached hydrogens (tertiary/aromatic N) is 4. The average molecular weight is 287 g/mol. The minimum atomic E-state index is 0.376. The van der Waals surface area contributed by atoms with Crippen LogP contribution in [-0.4, -0.2) is 28.1 Å². The molecule has 0 spiro atoms. The van der Waals surface area contributed by atoms with Crippen molar-refractivity contribution < 1.29 is 4.74 Å². The molecule has 0 unspecified atom stereocenters. The van der Waals surface area contributed by atoms with E-state index in [1.165, 1.54) is 5.56 Å². The molecule has 0 fully saturated rings. The Morgan fingerprint density at radius 3 is 2.62 bits per heavy atom. The fraction of sp³-hybridized carbons (Fsp3) is 0.400. The summed E-state index contributed by atoms with van der Waals surface area (Å²) in [7, 11) is 0. The van der Waals surface area contributed by atoms with Gasteiger partial charge in [0.05, 0.1) is 0 Å². The molecule has 0 radical (unpaired) electrons. The summed E-state index contributed by atoms with van der Waals surface area (Å²) in [5, 5.41) is 0. The van der Waals surface area contributed by atoms with Gasteiger partial charge in [0.25, 0.3) is 0 Å². The molecule has 6 heteroatoms. The van der Waals surface area contributed by atoms with E-state index in [0.717, 1.165) is 18.9 Å². The minimum Gasteiger partial charge on any atom is -0.384 e. The molecule has 0 aliphatic carbocycles. The SMILES string of the molecule is CCOCc1nc(N)cc(N(CC)Cc2ccncc2)n1. The third-order valence-electron chi connectivity index (χ3n) is 3.04. The van der Waals surface area contributed by atoms with E-state index in [0.29, 0.717) is 24.9 Å². The first-order valence-corrected chi connectivity index (χ1v) is 7.08. The number of rotatable bonds is 7. The molecule has 2 N–H and O–H groups in total. The third-order valence-corrected chi connectivity index (χ3v) is 3.04. The third kappa shape index (κ3) is 4.39. The molecule has 6 nitrogen and oxygen atoms in total.